The van der Waals surface area contributed by atoms with Gasteiger partial charge in [0.2, 0.25) is 5.88 Å². The zero-order chi connectivity index (χ0) is 21.1. The first-order chi connectivity index (χ1) is 14.6. The summed E-state index contributed by atoms with van der Waals surface area (Å²) in [6.07, 6.45) is 3.61. The van der Waals surface area contributed by atoms with Gasteiger partial charge < -0.3 is 19.4 Å². The number of aromatic hydroxyl groups is 1. The Morgan fingerprint density at radius 2 is 2.07 bits per heavy atom. The van der Waals surface area contributed by atoms with Crippen molar-refractivity contribution < 1.29 is 19.4 Å². The highest BCUT2D eigenvalue weighted by Crippen LogP contribution is 2.42. The van der Waals surface area contributed by atoms with Crippen molar-refractivity contribution >= 4 is 58.1 Å². The summed E-state index contributed by atoms with van der Waals surface area (Å²) in [5, 5.41) is 21.2. The number of para-hydroxylation sites is 1. The molecule has 0 unspecified atom stereocenters. The number of furan rings is 1. The van der Waals surface area contributed by atoms with Gasteiger partial charge in [-0.3, -0.25) is 5.43 Å². The molecular weight excluding hydrogens is 499 g/mol. The van der Waals surface area contributed by atoms with Gasteiger partial charge in [0.05, 0.1) is 28.6 Å². The molecule has 9 heteroatoms. The molecule has 0 fully saturated rings. The second-order valence-corrected chi connectivity index (χ2v) is 7.29. The first kappa shape index (κ1) is 20.4. The van der Waals surface area contributed by atoms with Crippen LogP contribution in [0.1, 0.15) is 30.1 Å². The number of rotatable bonds is 7. The molecule has 3 N–H and O–H groups in total. The maximum Gasteiger partial charge on any atom is 0.225 e. The number of pyridine rings is 1. The number of fused-ring (bicyclic) bond motifs is 1. The van der Waals surface area contributed by atoms with E-state index in [-0.39, 0.29) is 29.6 Å². The number of nitrogens with one attached hydrogen (secondary N) is 1. The second kappa shape index (κ2) is 8.86. The number of ether oxygens (including phenoxy) is 1. The topological polar surface area (TPSA) is 103 Å². The van der Waals surface area contributed by atoms with Gasteiger partial charge in [-0.1, -0.05) is 18.2 Å². The summed E-state index contributed by atoms with van der Waals surface area (Å²) in [7, 11) is 0. The van der Waals surface area contributed by atoms with Crippen LogP contribution in [0.25, 0.3) is 11.6 Å². The lowest BCUT2D eigenvalue weighted by molar-refractivity contribution is -0.0985. The number of aliphatic hydroxyl groups is 1. The molecule has 1 aromatic carbocycles. The fourth-order valence-electron chi connectivity index (χ4n) is 3.00. The summed E-state index contributed by atoms with van der Waals surface area (Å²) < 4.78 is 12.9. The summed E-state index contributed by atoms with van der Waals surface area (Å²) >= 11 is 2.06. The number of hydrogen-bond acceptors (Lipinski definition) is 8. The van der Waals surface area contributed by atoms with E-state index in [0.29, 0.717) is 5.82 Å². The Morgan fingerprint density at radius 3 is 2.83 bits per heavy atom. The average Bonchev–Trinajstić information content (AvgIpc) is 3.30. The molecule has 0 bridgehead atoms. The van der Waals surface area contributed by atoms with E-state index in [1.807, 2.05) is 42.5 Å². The molecule has 0 aliphatic carbocycles. The molecule has 0 saturated carbocycles. The molecule has 3 aromatic rings. The fourth-order valence-corrected chi connectivity index (χ4v) is 3.54. The minimum Gasteiger partial charge on any atom is -0.504 e. The SMILES string of the molecule is CCO[C@@H](O)c1c(NN(I)c2ccccc2)oc(C=C2C=Nc3ncccc32)c1O. The lowest BCUT2D eigenvalue weighted by Crippen LogP contribution is -2.19. The highest BCUT2D eigenvalue weighted by molar-refractivity contribution is 14.1. The molecule has 154 valence electrons. The van der Waals surface area contributed by atoms with Gasteiger partial charge in [-0.2, -0.15) is 0 Å². The number of aliphatic hydroxyl groups excluding tert-OH is 1. The predicted octanol–water partition coefficient (Wildman–Crippen LogP) is 4.85. The van der Waals surface area contributed by atoms with Crippen LogP contribution in [0, 0.1) is 0 Å². The van der Waals surface area contributed by atoms with Crippen molar-refractivity contribution in [2.24, 2.45) is 4.99 Å². The zero-order valence-electron chi connectivity index (χ0n) is 16.0. The van der Waals surface area contributed by atoms with Crippen LogP contribution in [-0.4, -0.2) is 28.0 Å². The van der Waals surface area contributed by atoms with E-state index < -0.39 is 6.29 Å². The number of hydrazine groups is 1. The van der Waals surface area contributed by atoms with Gasteiger partial charge in [0.15, 0.2) is 23.6 Å². The molecule has 1 aliphatic heterocycles. The largest absolute Gasteiger partial charge is 0.504 e. The van der Waals surface area contributed by atoms with E-state index in [1.165, 1.54) is 0 Å². The van der Waals surface area contributed by atoms with Crippen LogP contribution < -0.4 is 8.65 Å². The minimum atomic E-state index is -1.36. The first-order valence-electron chi connectivity index (χ1n) is 9.22. The van der Waals surface area contributed by atoms with Crippen molar-refractivity contribution in [1.82, 2.24) is 4.98 Å². The van der Waals surface area contributed by atoms with Gasteiger partial charge in [0.25, 0.3) is 0 Å². The number of nitrogens with zero attached hydrogens (tertiary/aromatic N) is 3. The molecule has 1 aliphatic rings. The summed E-state index contributed by atoms with van der Waals surface area (Å²) in [4.78, 5) is 8.47. The quantitative estimate of drug-likeness (QED) is 0.178. The number of anilines is 2. The van der Waals surface area contributed by atoms with Crippen molar-refractivity contribution in [2.45, 2.75) is 13.2 Å². The Bertz CT molecular complexity index is 1100. The average molecular weight is 518 g/mol. The number of benzene rings is 1. The predicted molar refractivity (Wildman–Crippen MR) is 124 cm³/mol. The van der Waals surface area contributed by atoms with E-state index in [2.05, 4.69) is 38.3 Å². The van der Waals surface area contributed by atoms with Gasteiger partial charge in [-0.15, -0.1) is 0 Å². The third-order valence-electron chi connectivity index (χ3n) is 4.41. The molecule has 0 spiro atoms. The Balaban J connectivity index is 1.71. The summed E-state index contributed by atoms with van der Waals surface area (Å²) in [6.45, 7) is 2.02. The summed E-state index contributed by atoms with van der Waals surface area (Å²) in [5.74, 6) is 0.724. The Morgan fingerprint density at radius 1 is 1.27 bits per heavy atom. The van der Waals surface area contributed by atoms with E-state index in [4.69, 9.17) is 9.15 Å². The third-order valence-corrected chi connectivity index (χ3v) is 5.21. The highest BCUT2D eigenvalue weighted by atomic mass is 127. The van der Waals surface area contributed by atoms with Crippen molar-refractivity contribution in [1.29, 1.82) is 0 Å². The number of aliphatic imine (C=N–C) groups is 1. The Hall–Kier alpha value is -2.89. The van der Waals surface area contributed by atoms with E-state index >= 15 is 0 Å². The number of allylic oxidation sites excluding steroid dienone is 1. The lowest BCUT2D eigenvalue weighted by atomic mass is 10.1. The Kier molecular flexibility index (Phi) is 6.02. The van der Waals surface area contributed by atoms with Crippen LogP contribution in [0.15, 0.2) is 58.1 Å². The van der Waals surface area contributed by atoms with Gasteiger partial charge in [-0.25, -0.2) is 13.2 Å². The van der Waals surface area contributed by atoms with Gasteiger partial charge >= 0.3 is 0 Å². The second-order valence-electron chi connectivity index (χ2n) is 6.33. The van der Waals surface area contributed by atoms with Crippen LogP contribution in [0.4, 0.5) is 17.4 Å². The van der Waals surface area contributed by atoms with Gasteiger partial charge in [-0.05, 0) is 37.3 Å². The standard InChI is InChI=1S/C21H19IN4O4/c1-2-29-21(28)17-18(27)16(11-13-12-24-19-15(13)9-6-10-23-19)30-20(17)25-26(22)14-7-4-3-5-8-14/h3-12,21,25,27-28H,2H2,1H3/t21-/m1/s1. The molecule has 8 nitrogen and oxygen atoms in total. The molecule has 4 rings (SSSR count). The van der Waals surface area contributed by atoms with E-state index in [9.17, 15) is 10.2 Å². The smallest absolute Gasteiger partial charge is 0.225 e. The molecule has 2 aromatic heterocycles. The highest BCUT2D eigenvalue weighted by Gasteiger charge is 2.27. The fraction of sp³-hybridized carbons (Fsp3) is 0.143. The first-order valence-corrected chi connectivity index (χ1v) is 10.2. The third kappa shape index (κ3) is 4.04. The van der Waals surface area contributed by atoms with Crippen molar-refractivity contribution in [2.75, 3.05) is 15.3 Å². The van der Waals surface area contributed by atoms with Crippen LogP contribution in [0.3, 0.4) is 0 Å². The molecule has 0 saturated heterocycles. The molecule has 30 heavy (non-hydrogen) atoms. The zero-order valence-corrected chi connectivity index (χ0v) is 18.1. The maximum atomic E-state index is 10.8. The van der Waals surface area contributed by atoms with Crippen LogP contribution in [0.2, 0.25) is 0 Å². The summed E-state index contributed by atoms with van der Waals surface area (Å²) in [6, 6.07) is 13.2. The van der Waals surface area contributed by atoms with E-state index in [0.717, 1.165) is 16.8 Å². The Labute approximate surface area is 187 Å². The molecule has 0 amide bonds. The number of hydrogen-bond donors (Lipinski definition) is 3. The number of halogens is 1. The van der Waals surface area contributed by atoms with Gasteiger partial charge in [0, 0.05) is 30.2 Å². The number of aromatic nitrogens is 1. The lowest BCUT2D eigenvalue weighted by Gasteiger charge is -2.19. The van der Waals surface area contributed by atoms with Crippen molar-refractivity contribution in [3.05, 3.63) is 65.5 Å². The van der Waals surface area contributed by atoms with Crippen LogP contribution >= 0.6 is 22.9 Å². The van der Waals surface area contributed by atoms with Crippen LogP contribution in [-0.2, 0) is 4.74 Å². The molecule has 1 atom stereocenters. The molecule has 3 heterocycles. The molecule has 0 radical (unpaired) electrons. The minimum absolute atomic E-state index is 0.114. The van der Waals surface area contributed by atoms with Crippen molar-refractivity contribution in [3.63, 3.8) is 0 Å². The van der Waals surface area contributed by atoms with E-state index in [1.54, 1.807) is 28.6 Å². The molecular formula is C21H19IN4O4. The normalized spacial score (nSPS) is 14.7. The summed E-state index contributed by atoms with van der Waals surface area (Å²) in [5.41, 5.74) is 5.58. The van der Waals surface area contributed by atoms with Crippen molar-refractivity contribution in [3.8, 4) is 5.75 Å². The monoisotopic (exact) mass is 518 g/mol. The van der Waals surface area contributed by atoms with Gasteiger partial charge in [0.1, 0.15) is 5.56 Å². The maximum absolute atomic E-state index is 10.8. The van der Waals surface area contributed by atoms with Crippen LogP contribution in [0.5, 0.6) is 5.75 Å².